The lowest BCUT2D eigenvalue weighted by Crippen LogP contribution is -2.43. The first-order chi connectivity index (χ1) is 9.61. The van der Waals surface area contributed by atoms with Gasteiger partial charge in [0, 0.05) is 18.2 Å². The molecule has 1 aliphatic rings. The zero-order valence-electron chi connectivity index (χ0n) is 12.7. The van der Waals surface area contributed by atoms with E-state index in [9.17, 15) is 5.11 Å². The van der Waals surface area contributed by atoms with E-state index in [0.29, 0.717) is 12.6 Å². The molecule has 1 aliphatic heterocycles. The first-order valence-electron chi connectivity index (χ1n) is 7.31. The number of piperidine rings is 1. The van der Waals surface area contributed by atoms with Crippen LogP contribution in [0.4, 0.5) is 0 Å². The molecule has 1 atom stereocenters. The molecule has 0 saturated carbocycles. The maximum Gasteiger partial charge on any atom is 0.124 e. The average Bonchev–Trinajstić information content (AvgIpc) is 2.47. The lowest BCUT2D eigenvalue weighted by Gasteiger charge is -2.36. The summed E-state index contributed by atoms with van der Waals surface area (Å²) < 4.78 is 5.32. The van der Waals surface area contributed by atoms with Gasteiger partial charge in [-0.2, -0.15) is 0 Å². The van der Waals surface area contributed by atoms with Crippen molar-refractivity contribution >= 4 is 0 Å². The first kappa shape index (κ1) is 15.3. The smallest absolute Gasteiger partial charge is 0.124 e. The molecule has 1 unspecified atom stereocenters. The molecule has 1 saturated heterocycles. The fourth-order valence-electron chi connectivity index (χ4n) is 2.90. The minimum atomic E-state index is -0.484. The average molecular weight is 278 g/mol. The van der Waals surface area contributed by atoms with Crippen LogP contribution in [0.15, 0.2) is 24.3 Å². The van der Waals surface area contributed by atoms with E-state index < -0.39 is 6.10 Å². The molecule has 1 fully saturated rings. The molecule has 0 amide bonds. The quantitative estimate of drug-likeness (QED) is 0.890. The second-order valence-corrected chi connectivity index (χ2v) is 5.75. The predicted molar refractivity (Wildman–Crippen MR) is 81.1 cm³/mol. The highest BCUT2D eigenvalue weighted by Gasteiger charge is 2.23. The van der Waals surface area contributed by atoms with E-state index in [1.54, 1.807) is 7.11 Å². The van der Waals surface area contributed by atoms with E-state index >= 15 is 0 Å². The van der Waals surface area contributed by atoms with Gasteiger partial charge in [0.25, 0.3) is 0 Å². The summed E-state index contributed by atoms with van der Waals surface area (Å²) >= 11 is 0. The predicted octanol–water partition coefficient (Wildman–Crippen LogP) is 1.75. The Hall–Kier alpha value is -1.10. The third-order valence-electron chi connectivity index (χ3n) is 4.22. The van der Waals surface area contributed by atoms with Gasteiger partial charge in [0.2, 0.25) is 0 Å². The van der Waals surface area contributed by atoms with Crippen LogP contribution in [-0.2, 0) is 0 Å². The van der Waals surface area contributed by atoms with E-state index in [-0.39, 0.29) is 0 Å². The Labute approximate surface area is 122 Å². The molecule has 0 radical (unpaired) electrons. The molecule has 1 N–H and O–H groups in total. The van der Waals surface area contributed by atoms with Crippen molar-refractivity contribution in [2.45, 2.75) is 25.0 Å². The topological polar surface area (TPSA) is 35.9 Å². The van der Waals surface area contributed by atoms with Crippen LogP contribution in [0.2, 0.25) is 0 Å². The van der Waals surface area contributed by atoms with Gasteiger partial charge >= 0.3 is 0 Å². The fourth-order valence-corrected chi connectivity index (χ4v) is 2.90. The number of β-amino-alcohol motifs (C(OH)–C–C–N with tert-alkyl or cyclic N) is 1. The molecule has 4 nitrogen and oxygen atoms in total. The standard InChI is InChI=1S/C16H26N2O2/c1-17(2)13-8-10-18(11-9-13)12-15(19)14-6-4-5-7-16(14)20-3/h4-7,13,15,19H,8-12H2,1-3H3. The van der Waals surface area contributed by atoms with Crippen molar-refractivity contribution in [2.24, 2.45) is 0 Å². The van der Waals surface area contributed by atoms with E-state index in [1.165, 1.54) is 12.8 Å². The molecule has 112 valence electrons. The molecule has 0 spiro atoms. The highest BCUT2D eigenvalue weighted by Crippen LogP contribution is 2.26. The van der Waals surface area contributed by atoms with Gasteiger partial charge < -0.3 is 19.6 Å². The normalized spacial score (nSPS) is 19.2. The molecule has 20 heavy (non-hydrogen) atoms. The van der Waals surface area contributed by atoms with Crippen LogP contribution in [0.5, 0.6) is 5.75 Å². The summed E-state index contributed by atoms with van der Waals surface area (Å²) in [7, 11) is 5.93. The molecule has 1 heterocycles. The Balaban J connectivity index is 1.91. The molecule has 0 bridgehead atoms. The molecular formula is C16H26N2O2. The Kier molecular flexibility index (Phi) is 5.40. The summed E-state index contributed by atoms with van der Waals surface area (Å²) in [6, 6.07) is 8.39. The first-order valence-corrected chi connectivity index (χ1v) is 7.31. The lowest BCUT2D eigenvalue weighted by atomic mass is 10.0. The number of benzene rings is 1. The van der Waals surface area contributed by atoms with Crippen LogP contribution in [-0.4, -0.2) is 61.8 Å². The molecular weight excluding hydrogens is 252 g/mol. The third kappa shape index (κ3) is 3.72. The van der Waals surface area contributed by atoms with Crippen LogP contribution in [0.3, 0.4) is 0 Å². The maximum absolute atomic E-state index is 10.4. The number of ether oxygens (including phenoxy) is 1. The van der Waals surface area contributed by atoms with Crippen LogP contribution >= 0.6 is 0 Å². The van der Waals surface area contributed by atoms with E-state index in [4.69, 9.17) is 4.74 Å². The van der Waals surface area contributed by atoms with Crippen molar-refractivity contribution in [2.75, 3.05) is 40.8 Å². The van der Waals surface area contributed by atoms with Gasteiger partial charge in [-0.05, 0) is 46.1 Å². The Bertz CT molecular complexity index is 415. The number of likely N-dealkylation sites (tertiary alicyclic amines) is 1. The second-order valence-electron chi connectivity index (χ2n) is 5.75. The van der Waals surface area contributed by atoms with Gasteiger partial charge in [0.1, 0.15) is 5.75 Å². The van der Waals surface area contributed by atoms with Crippen LogP contribution < -0.4 is 4.74 Å². The van der Waals surface area contributed by atoms with Gasteiger partial charge in [-0.15, -0.1) is 0 Å². The van der Waals surface area contributed by atoms with Gasteiger partial charge in [-0.1, -0.05) is 18.2 Å². The van der Waals surface area contributed by atoms with Crippen molar-refractivity contribution in [3.63, 3.8) is 0 Å². The van der Waals surface area contributed by atoms with Crippen LogP contribution in [0.25, 0.3) is 0 Å². The highest BCUT2D eigenvalue weighted by atomic mass is 16.5. The largest absolute Gasteiger partial charge is 0.496 e. The molecule has 2 rings (SSSR count). The van der Waals surface area contributed by atoms with Crippen molar-refractivity contribution < 1.29 is 9.84 Å². The zero-order valence-corrected chi connectivity index (χ0v) is 12.7. The van der Waals surface area contributed by atoms with Gasteiger partial charge in [0.05, 0.1) is 13.2 Å². The number of aliphatic hydroxyl groups is 1. The summed E-state index contributed by atoms with van der Waals surface area (Å²) in [5.74, 6) is 0.767. The second kappa shape index (κ2) is 7.07. The summed E-state index contributed by atoms with van der Waals surface area (Å²) in [5, 5.41) is 10.4. The number of aliphatic hydroxyl groups excluding tert-OH is 1. The molecule has 1 aromatic rings. The zero-order chi connectivity index (χ0) is 14.5. The Morgan fingerprint density at radius 3 is 2.55 bits per heavy atom. The number of nitrogens with zero attached hydrogens (tertiary/aromatic N) is 2. The van der Waals surface area contributed by atoms with E-state index in [0.717, 1.165) is 24.4 Å². The minimum Gasteiger partial charge on any atom is -0.496 e. The number of para-hydroxylation sites is 1. The maximum atomic E-state index is 10.4. The van der Waals surface area contributed by atoms with Gasteiger partial charge in [-0.3, -0.25) is 0 Å². The van der Waals surface area contributed by atoms with Gasteiger partial charge in [0.15, 0.2) is 0 Å². The number of hydrogen-bond donors (Lipinski definition) is 1. The van der Waals surface area contributed by atoms with E-state index in [1.807, 2.05) is 24.3 Å². The summed E-state index contributed by atoms with van der Waals surface area (Å²) in [5.41, 5.74) is 0.879. The van der Waals surface area contributed by atoms with Crippen molar-refractivity contribution in [1.29, 1.82) is 0 Å². The highest BCUT2D eigenvalue weighted by molar-refractivity contribution is 5.35. The summed E-state index contributed by atoms with van der Waals surface area (Å²) in [6.45, 7) is 2.78. The van der Waals surface area contributed by atoms with Crippen molar-refractivity contribution in [1.82, 2.24) is 9.80 Å². The Morgan fingerprint density at radius 1 is 1.30 bits per heavy atom. The fraction of sp³-hybridized carbons (Fsp3) is 0.625. The minimum absolute atomic E-state index is 0.484. The van der Waals surface area contributed by atoms with Crippen molar-refractivity contribution in [3.05, 3.63) is 29.8 Å². The lowest BCUT2D eigenvalue weighted by molar-refractivity contribution is 0.0785. The molecule has 0 aromatic heterocycles. The summed E-state index contributed by atoms with van der Waals surface area (Å²) in [6.07, 6.45) is 1.86. The Morgan fingerprint density at radius 2 is 1.95 bits per heavy atom. The van der Waals surface area contributed by atoms with Crippen LogP contribution in [0, 0.1) is 0 Å². The third-order valence-corrected chi connectivity index (χ3v) is 4.22. The monoisotopic (exact) mass is 278 g/mol. The number of rotatable bonds is 5. The molecule has 1 aromatic carbocycles. The van der Waals surface area contributed by atoms with Crippen molar-refractivity contribution in [3.8, 4) is 5.75 Å². The molecule has 0 aliphatic carbocycles. The SMILES string of the molecule is COc1ccccc1C(O)CN1CCC(N(C)C)CC1. The van der Waals surface area contributed by atoms with E-state index in [2.05, 4.69) is 23.9 Å². The number of hydrogen-bond acceptors (Lipinski definition) is 4. The van der Waals surface area contributed by atoms with Gasteiger partial charge in [-0.25, -0.2) is 0 Å². The summed E-state index contributed by atoms with van der Waals surface area (Å²) in [4.78, 5) is 4.64. The van der Waals surface area contributed by atoms with Crippen LogP contribution in [0.1, 0.15) is 24.5 Å². The molecule has 4 heteroatoms. The number of methoxy groups -OCH3 is 1.